The normalized spacial score (nSPS) is 21.6. The first-order valence-corrected chi connectivity index (χ1v) is 12.5. The fourth-order valence-corrected chi connectivity index (χ4v) is 5.11. The Labute approximate surface area is 201 Å². The fourth-order valence-electron chi connectivity index (χ4n) is 4.17. The van der Waals surface area contributed by atoms with Gasteiger partial charge in [-0.2, -0.15) is 4.98 Å². The maximum atomic E-state index is 13.0. The van der Waals surface area contributed by atoms with Crippen LogP contribution in [0.15, 0.2) is 4.52 Å². The summed E-state index contributed by atoms with van der Waals surface area (Å²) in [6.07, 6.45) is 4.63. The summed E-state index contributed by atoms with van der Waals surface area (Å²) in [5.74, 6) is -2.16. The third-order valence-corrected chi connectivity index (χ3v) is 6.99. The lowest BCUT2D eigenvalue weighted by atomic mass is 10.0. The predicted molar refractivity (Wildman–Crippen MR) is 120 cm³/mol. The van der Waals surface area contributed by atoms with E-state index >= 15 is 0 Å². The highest BCUT2D eigenvalue weighted by molar-refractivity contribution is 7.13. The van der Waals surface area contributed by atoms with Gasteiger partial charge in [-0.25, -0.2) is 13.8 Å². The number of carbonyl (C=O) groups is 1. The van der Waals surface area contributed by atoms with Crippen LogP contribution in [-0.2, 0) is 28.8 Å². The van der Waals surface area contributed by atoms with Crippen molar-refractivity contribution >= 4 is 17.2 Å². The van der Waals surface area contributed by atoms with Crippen LogP contribution in [0.1, 0.15) is 48.5 Å². The Morgan fingerprint density at radius 1 is 1.29 bits per heavy atom. The molecule has 2 aromatic rings. The van der Waals surface area contributed by atoms with Crippen LogP contribution in [0.4, 0.5) is 8.78 Å². The third kappa shape index (κ3) is 7.41. The van der Waals surface area contributed by atoms with E-state index in [1.807, 2.05) is 0 Å². The van der Waals surface area contributed by atoms with Crippen molar-refractivity contribution in [2.75, 3.05) is 32.8 Å². The Morgan fingerprint density at radius 2 is 2.12 bits per heavy atom. The lowest BCUT2D eigenvalue weighted by Crippen LogP contribution is -2.44. The van der Waals surface area contributed by atoms with Gasteiger partial charge >= 0.3 is 0 Å². The van der Waals surface area contributed by atoms with Gasteiger partial charge < -0.3 is 24.2 Å². The number of rotatable bonds is 9. The van der Waals surface area contributed by atoms with E-state index in [0.29, 0.717) is 23.5 Å². The summed E-state index contributed by atoms with van der Waals surface area (Å²) in [4.78, 5) is 24.2. The van der Waals surface area contributed by atoms with Crippen LogP contribution < -0.4 is 10.1 Å². The zero-order chi connectivity index (χ0) is 24.1. The number of hydrogen-bond acceptors (Lipinski definition) is 9. The molecule has 2 aliphatic rings. The van der Waals surface area contributed by atoms with Crippen LogP contribution in [0.3, 0.4) is 0 Å². The number of ether oxygens (including phenoxy) is 2. The number of aromatic nitrogens is 3. The van der Waals surface area contributed by atoms with Gasteiger partial charge in [0, 0.05) is 44.8 Å². The Bertz CT molecular complexity index is 930. The molecule has 2 aliphatic heterocycles. The van der Waals surface area contributed by atoms with E-state index in [9.17, 15) is 13.6 Å². The van der Waals surface area contributed by atoms with Crippen LogP contribution in [0.2, 0.25) is 0 Å². The van der Waals surface area contributed by atoms with Gasteiger partial charge in [0.1, 0.15) is 0 Å². The molecule has 0 aromatic carbocycles. The van der Waals surface area contributed by atoms with E-state index in [0.717, 1.165) is 69.2 Å². The Hall–Kier alpha value is -2.18. The van der Waals surface area contributed by atoms with Crippen LogP contribution >= 0.6 is 11.3 Å². The van der Waals surface area contributed by atoms with Gasteiger partial charge in [-0.1, -0.05) is 16.5 Å². The average Bonchev–Trinajstić information content (AvgIpc) is 3.32. The minimum Gasteiger partial charge on any atom is -0.464 e. The molecule has 34 heavy (non-hydrogen) atoms. The van der Waals surface area contributed by atoms with E-state index in [-0.39, 0.29) is 24.5 Å². The van der Waals surface area contributed by atoms with E-state index in [1.165, 1.54) is 11.3 Å². The number of alkyl halides is 2. The van der Waals surface area contributed by atoms with Crippen molar-refractivity contribution in [3.63, 3.8) is 0 Å². The molecule has 0 radical (unpaired) electrons. The molecule has 1 saturated heterocycles. The molecule has 4 rings (SSSR count). The van der Waals surface area contributed by atoms with Crippen LogP contribution in [0.5, 0.6) is 5.19 Å². The number of fused-ring (bicyclic) bond motifs is 1. The molecule has 4 heterocycles. The van der Waals surface area contributed by atoms with Gasteiger partial charge in [-0.05, 0) is 25.7 Å². The molecule has 0 bridgehead atoms. The molecule has 9 nitrogen and oxygen atoms in total. The second kappa shape index (κ2) is 11.0. The zero-order valence-electron chi connectivity index (χ0n) is 19.5. The number of nitrogens with zero attached hydrogens (tertiary/aromatic N) is 4. The number of halogens is 2. The molecule has 2 atom stereocenters. The first kappa shape index (κ1) is 24.9. The molecular weight excluding hydrogens is 468 g/mol. The summed E-state index contributed by atoms with van der Waals surface area (Å²) in [7, 11) is 0. The third-order valence-electron chi connectivity index (χ3n) is 5.92. The second-order valence-electron chi connectivity index (χ2n) is 9.04. The van der Waals surface area contributed by atoms with E-state index in [4.69, 9.17) is 14.0 Å². The smallest absolute Gasteiger partial charge is 0.278 e. The highest BCUT2D eigenvalue weighted by Gasteiger charge is 2.26. The largest absolute Gasteiger partial charge is 0.464 e. The minimum atomic E-state index is -2.86. The number of carbonyl (C=O) groups excluding carboxylic acids is 1. The summed E-state index contributed by atoms with van der Waals surface area (Å²) in [6.45, 7) is 5.10. The number of hydrogen-bond donors (Lipinski definition) is 1. The van der Waals surface area contributed by atoms with Crippen molar-refractivity contribution in [2.24, 2.45) is 0 Å². The standard InChI is InChI=1S/C22H31F2N5O4S/c1-14-25-19(28-33-14)11-20(30)26-15-3-4-16(31-12-15)5-8-29-9-6-17-18(7-10-29)34-21(27-17)32-13-22(2,23)24/h15-16H,3-13H2,1-2H3,(H,26,30). The van der Waals surface area contributed by atoms with E-state index in [1.54, 1.807) is 6.92 Å². The number of amides is 1. The second-order valence-corrected chi connectivity index (χ2v) is 10.1. The monoisotopic (exact) mass is 499 g/mol. The lowest BCUT2D eigenvalue weighted by Gasteiger charge is -2.31. The van der Waals surface area contributed by atoms with Crippen LogP contribution in [0.25, 0.3) is 0 Å². The highest BCUT2D eigenvalue weighted by atomic mass is 32.1. The molecule has 1 amide bonds. The number of aryl methyl sites for hydroxylation is 1. The summed E-state index contributed by atoms with van der Waals surface area (Å²) in [5.41, 5.74) is 0.963. The maximum Gasteiger partial charge on any atom is 0.278 e. The van der Waals surface area contributed by atoms with Gasteiger partial charge in [0.15, 0.2) is 12.4 Å². The lowest BCUT2D eigenvalue weighted by molar-refractivity contribution is -0.122. The molecule has 1 N–H and O–H groups in total. The van der Waals surface area contributed by atoms with Gasteiger partial charge in [-0.3, -0.25) is 4.79 Å². The van der Waals surface area contributed by atoms with Crippen molar-refractivity contribution in [3.8, 4) is 5.19 Å². The first-order valence-electron chi connectivity index (χ1n) is 11.7. The van der Waals surface area contributed by atoms with Gasteiger partial charge in [0.2, 0.25) is 11.8 Å². The van der Waals surface area contributed by atoms with Crippen LogP contribution in [-0.4, -0.2) is 76.8 Å². The molecule has 188 valence electrons. The number of thiazole rings is 1. The number of nitrogens with one attached hydrogen (secondary N) is 1. The molecule has 0 saturated carbocycles. The Kier molecular flexibility index (Phi) is 8.10. The molecule has 0 aliphatic carbocycles. The average molecular weight is 500 g/mol. The highest BCUT2D eigenvalue weighted by Crippen LogP contribution is 2.29. The predicted octanol–water partition coefficient (Wildman–Crippen LogP) is 2.57. The molecule has 0 spiro atoms. The van der Waals surface area contributed by atoms with Gasteiger partial charge in [0.05, 0.1) is 30.9 Å². The summed E-state index contributed by atoms with van der Waals surface area (Å²) in [5, 5.41) is 7.07. The summed E-state index contributed by atoms with van der Waals surface area (Å²) in [6, 6.07) is 0.000990. The van der Waals surface area contributed by atoms with Crippen molar-refractivity contribution < 1.29 is 27.6 Å². The van der Waals surface area contributed by atoms with E-state index in [2.05, 4.69) is 25.3 Å². The Balaban J connectivity index is 1.13. The summed E-state index contributed by atoms with van der Waals surface area (Å²) >= 11 is 1.38. The van der Waals surface area contributed by atoms with Gasteiger partial charge in [-0.15, -0.1) is 0 Å². The Morgan fingerprint density at radius 3 is 2.82 bits per heavy atom. The van der Waals surface area contributed by atoms with Crippen molar-refractivity contribution in [2.45, 2.75) is 70.4 Å². The first-order chi connectivity index (χ1) is 16.2. The topological polar surface area (TPSA) is 103 Å². The van der Waals surface area contributed by atoms with Gasteiger partial charge in [0.25, 0.3) is 11.1 Å². The molecule has 12 heteroatoms. The quantitative estimate of drug-likeness (QED) is 0.562. The van der Waals surface area contributed by atoms with Crippen LogP contribution in [0, 0.1) is 6.92 Å². The van der Waals surface area contributed by atoms with Crippen molar-refractivity contribution in [3.05, 3.63) is 22.3 Å². The zero-order valence-corrected chi connectivity index (χ0v) is 20.3. The van der Waals surface area contributed by atoms with E-state index < -0.39 is 12.5 Å². The minimum absolute atomic E-state index is 0.000990. The molecule has 2 aromatic heterocycles. The molecular formula is C22H31F2N5O4S. The SMILES string of the molecule is Cc1nc(CC(=O)NC2CCC(CCN3CCc4nc(OCC(C)(F)F)sc4CC3)OC2)no1. The fraction of sp³-hybridized carbons (Fsp3) is 0.727. The maximum absolute atomic E-state index is 13.0. The molecule has 1 fully saturated rings. The molecule has 2 unspecified atom stereocenters. The van der Waals surface area contributed by atoms with Crippen molar-refractivity contribution in [1.29, 1.82) is 0 Å². The van der Waals surface area contributed by atoms with Crippen molar-refractivity contribution in [1.82, 2.24) is 25.3 Å². The summed E-state index contributed by atoms with van der Waals surface area (Å²) < 4.78 is 42.1.